The number of nitrogens with zero attached hydrogens (tertiary/aromatic N) is 1. The van der Waals surface area contributed by atoms with Gasteiger partial charge in [0.1, 0.15) is 12.3 Å². The minimum atomic E-state index is -5.21. The van der Waals surface area contributed by atoms with E-state index >= 15 is 0 Å². The molecule has 6 nitrogen and oxygen atoms in total. The van der Waals surface area contributed by atoms with Crippen molar-refractivity contribution >= 4 is 29.1 Å². The molecular weight excluding hydrogens is 535 g/mol. The molecule has 200 valence electrons. The van der Waals surface area contributed by atoms with Crippen LogP contribution in [0.1, 0.15) is 23.1 Å². The van der Waals surface area contributed by atoms with E-state index < -0.39 is 81.5 Å². The lowest BCUT2D eigenvalue weighted by atomic mass is 9.78. The van der Waals surface area contributed by atoms with Crippen LogP contribution in [0.5, 0.6) is 5.75 Å². The second kappa shape index (κ2) is 8.76. The number of hydrogen-bond acceptors (Lipinski definition) is 3. The maximum Gasteiger partial charge on any atom is 0.573 e. The minimum absolute atomic E-state index is 0.251. The second-order valence-electron chi connectivity index (χ2n) is 9.00. The largest absolute Gasteiger partial charge is 0.573 e. The molecule has 37 heavy (non-hydrogen) atoms. The molecule has 2 unspecified atom stereocenters. The van der Waals surface area contributed by atoms with Gasteiger partial charge in [-0.05, 0) is 24.3 Å². The van der Waals surface area contributed by atoms with Crippen LogP contribution in [0.15, 0.2) is 36.4 Å². The molecule has 0 bridgehead atoms. The summed E-state index contributed by atoms with van der Waals surface area (Å²) < 4.78 is 99.2. The first-order valence-electron chi connectivity index (χ1n) is 10.8. The van der Waals surface area contributed by atoms with E-state index in [4.69, 9.17) is 11.6 Å². The molecule has 2 N–H and O–H groups in total. The van der Waals surface area contributed by atoms with E-state index in [-0.39, 0.29) is 11.3 Å². The monoisotopic (exact) mass is 554 g/mol. The fraction of sp³-hybridized carbons (Fsp3) is 0.391. The number of carbonyl (C=O) groups excluding carboxylic acids is 2. The number of para-hydroxylation sites is 1. The van der Waals surface area contributed by atoms with E-state index in [9.17, 15) is 40.3 Å². The summed E-state index contributed by atoms with van der Waals surface area (Å²) in [7, 11) is 2.56. The molecule has 1 saturated heterocycles. The van der Waals surface area contributed by atoms with Crippen LogP contribution in [0.2, 0.25) is 5.02 Å². The highest BCUT2D eigenvalue weighted by atomic mass is 35.5. The Morgan fingerprint density at radius 2 is 1.81 bits per heavy atom. The molecule has 14 heteroatoms. The van der Waals surface area contributed by atoms with E-state index in [1.165, 1.54) is 26.2 Å². The van der Waals surface area contributed by atoms with E-state index in [1.54, 1.807) is 0 Å². The van der Waals surface area contributed by atoms with Gasteiger partial charge in [0.15, 0.2) is 12.2 Å². The zero-order valence-corrected chi connectivity index (χ0v) is 20.0. The van der Waals surface area contributed by atoms with Crippen LogP contribution >= 0.6 is 11.6 Å². The van der Waals surface area contributed by atoms with Crippen molar-refractivity contribution in [2.45, 2.75) is 36.7 Å². The molecule has 1 fully saturated rings. The summed E-state index contributed by atoms with van der Waals surface area (Å²) in [6.07, 6.45) is -12.2. The summed E-state index contributed by atoms with van der Waals surface area (Å²) in [4.78, 5) is 26.7. The molecule has 0 saturated carbocycles. The SMILES string of the molecule is CNC(=O)[C@@H]1C[C@@H](F)C[N+]1(C)C1(c2ccccc2OC(F)(F)F)C(=O)Nc2cc(C(F)(F)F)c(Cl)cc21. The molecule has 4 atom stereocenters. The lowest BCUT2D eigenvalue weighted by molar-refractivity contribution is -0.953. The number of fused-ring (bicyclic) bond motifs is 1. The van der Waals surface area contributed by atoms with Gasteiger partial charge in [0, 0.05) is 13.5 Å². The minimum Gasteiger partial charge on any atom is -0.405 e. The van der Waals surface area contributed by atoms with Crippen molar-refractivity contribution in [1.29, 1.82) is 0 Å². The molecule has 2 amide bonds. The Morgan fingerprint density at radius 1 is 1.16 bits per heavy atom. The third kappa shape index (κ3) is 4.17. The molecule has 2 heterocycles. The molecule has 2 aliphatic heterocycles. The predicted molar refractivity (Wildman–Crippen MR) is 117 cm³/mol. The highest BCUT2D eigenvalue weighted by Gasteiger charge is 2.69. The quantitative estimate of drug-likeness (QED) is 0.423. The normalized spacial score (nSPS) is 27.6. The van der Waals surface area contributed by atoms with E-state index in [2.05, 4.69) is 15.4 Å². The zero-order valence-electron chi connectivity index (χ0n) is 19.2. The lowest BCUT2D eigenvalue weighted by Crippen LogP contribution is -2.68. The van der Waals surface area contributed by atoms with Gasteiger partial charge in [-0.1, -0.05) is 23.7 Å². The summed E-state index contributed by atoms with van der Waals surface area (Å²) in [5.74, 6) is -2.62. The Hall–Kier alpha value is -3.06. The fourth-order valence-electron chi connectivity index (χ4n) is 5.55. The first-order valence-corrected chi connectivity index (χ1v) is 11.2. The average molecular weight is 555 g/mol. The number of nitrogens with one attached hydrogen (secondary N) is 2. The van der Waals surface area contributed by atoms with Crippen LogP contribution in [-0.4, -0.2) is 55.5 Å². The number of likely N-dealkylation sites (N-methyl/N-ethyl adjacent to an activating group) is 2. The van der Waals surface area contributed by atoms with E-state index in [0.29, 0.717) is 6.07 Å². The standard InChI is InChI=1S/C23H19ClF7N3O3/c1-32-19(35)17-7-11(25)10-34(17,2)21(12-5-3-4-6-18(12)37-23(29,30)31)14-8-15(24)13(22(26,27)28)9-16(14)33-20(21)36/h3-6,8-9,11,17H,7,10H2,1-2H3,(H-,32,33,35,36)/p+1/t11-,17+,21?,34?/m1/s1. The second-order valence-corrected chi connectivity index (χ2v) is 9.40. The van der Waals surface area contributed by atoms with Crippen molar-refractivity contribution < 1.29 is 49.5 Å². The smallest absolute Gasteiger partial charge is 0.405 e. The van der Waals surface area contributed by atoms with Gasteiger partial charge >= 0.3 is 12.5 Å². The van der Waals surface area contributed by atoms with Crippen LogP contribution < -0.4 is 15.4 Å². The number of hydrogen-bond donors (Lipinski definition) is 2. The average Bonchev–Trinajstić information content (AvgIpc) is 3.24. The van der Waals surface area contributed by atoms with Gasteiger partial charge in [0.2, 0.25) is 5.54 Å². The van der Waals surface area contributed by atoms with Crippen LogP contribution in [0.4, 0.5) is 36.4 Å². The van der Waals surface area contributed by atoms with Crippen LogP contribution in [0, 0.1) is 0 Å². The Kier molecular flexibility index (Phi) is 6.39. The molecule has 2 aromatic carbocycles. The van der Waals surface area contributed by atoms with Crippen LogP contribution in [0.3, 0.4) is 0 Å². The van der Waals surface area contributed by atoms with Gasteiger partial charge in [-0.2, -0.15) is 13.2 Å². The summed E-state index contributed by atoms with van der Waals surface area (Å²) in [5, 5.41) is 3.84. The Labute approximate surface area is 210 Å². The molecule has 0 spiro atoms. The van der Waals surface area contributed by atoms with Crippen molar-refractivity contribution in [2.24, 2.45) is 0 Å². The molecule has 2 aliphatic rings. The number of carbonyl (C=O) groups is 2. The number of rotatable bonds is 4. The molecular formula is C23H20ClF7N3O3+. The summed E-state index contributed by atoms with van der Waals surface area (Å²) in [6, 6.07) is 4.61. The van der Waals surface area contributed by atoms with Crippen molar-refractivity contribution in [3.63, 3.8) is 0 Å². The van der Waals surface area contributed by atoms with E-state index in [0.717, 1.165) is 18.2 Å². The number of anilines is 1. The van der Waals surface area contributed by atoms with Crippen molar-refractivity contribution in [3.8, 4) is 5.75 Å². The van der Waals surface area contributed by atoms with Gasteiger partial charge in [-0.3, -0.25) is 14.1 Å². The number of likely N-dealkylation sites (tertiary alicyclic amines) is 1. The van der Waals surface area contributed by atoms with Crippen LogP contribution in [-0.2, 0) is 21.3 Å². The summed E-state index contributed by atoms with van der Waals surface area (Å²) in [5.41, 5.74) is -4.70. The van der Waals surface area contributed by atoms with Crippen LogP contribution in [0.25, 0.3) is 0 Å². The topological polar surface area (TPSA) is 67.4 Å². The highest BCUT2D eigenvalue weighted by Crippen LogP contribution is 2.56. The third-order valence-electron chi connectivity index (χ3n) is 6.94. The lowest BCUT2D eigenvalue weighted by Gasteiger charge is -2.48. The zero-order chi connectivity index (χ0) is 27.6. The number of halogens is 8. The number of amides is 2. The maximum absolute atomic E-state index is 15.0. The fourth-order valence-corrected chi connectivity index (χ4v) is 5.82. The molecule has 0 radical (unpaired) electrons. The molecule has 2 aromatic rings. The summed E-state index contributed by atoms with van der Waals surface area (Å²) >= 11 is 5.98. The van der Waals surface area contributed by atoms with E-state index in [1.807, 2.05) is 0 Å². The number of benzene rings is 2. The molecule has 0 aliphatic carbocycles. The number of alkyl halides is 7. The van der Waals surface area contributed by atoms with Crippen molar-refractivity contribution in [3.05, 3.63) is 58.1 Å². The van der Waals surface area contributed by atoms with Gasteiger partial charge in [-0.15, -0.1) is 13.2 Å². The first-order chi connectivity index (χ1) is 17.1. The maximum atomic E-state index is 15.0. The Morgan fingerprint density at radius 3 is 2.41 bits per heavy atom. The predicted octanol–water partition coefficient (Wildman–Crippen LogP) is 4.76. The highest BCUT2D eigenvalue weighted by molar-refractivity contribution is 6.32. The van der Waals surface area contributed by atoms with Gasteiger partial charge in [0.25, 0.3) is 11.8 Å². The van der Waals surface area contributed by atoms with Crippen molar-refractivity contribution in [2.75, 3.05) is 26.0 Å². The number of quaternary nitrogens is 1. The Balaban J connectivity index is 2.12. The van der Waals surface area contributed by atoms with Gasteiger partial charge in [-0.25, -0.2) is 4.39 Å². The summed E-state index contributed by atoms with van der Waals surface area (Å²) in [6.45, 7) is -0.524. The first kappa shape index (κ1) is 27.0. The van der Waals surface area contributed by atoms with Gasteiger partial charge < -0.3 is 15.4 Å². The Bertz CT molecular complexity index is 1270. The van der Waals surface area contributed by atoms with Gasteiger partial charge in [0.05, 0.1) is 34.4 Å². The molecule has 0 aromatic heterocycles. The number of ether oxygens (including phenoxy) is 1. The molecule has 4 rings (SSSR count). The third-order valence-corrected chi connectivity index (χ3v) is 7.25. The van der Waals surface area contributed by atoms with Crippen molar-refractivity contribution in [1.82, 2.24) is 5.32 Å².